The predicted octanol–water partition coefficient (Wildman–Crippen LogP) is 3.32. The molecule has 0 bridgehead atoms. The molecule has 0 aliphatic carbocycles. The van der Waals surface area contributed by atoms with Crippen LogP contribution in [0.3, 0.4) is 0 Å². The fourth-order valence-electron chi connectivity index (χ4n) is 1.80. The quantitative estimate of drug-likeness (QED) is 0.744. The molecule has 0 spiro atoms. The van der Waals surface area contributed by atoms with Crippen LogP contribution in [0.15, 0.2) is 12.1 Å². The number of unbranched alkanes of at least 4 members (excludes halogenated alkanes) is 2. The zero-order valence-corrected chi connectivity index (χ0v) is 11.7. The van der Waals surface area contributed by atoms with Crippen molar-refractivity contribution in [2.75, 3.05) is 6.61 Å². The van der Waals surface area contributed by atoms with E-state index in [0.29, 0.717) is 31.2 Å². The number of halogens is 2. The van der Waals surface area contributed by atoms with Crippen molar-refractivity contribution in [3.8, 4) is 11.8 Å². The van der Waals surface area contributed by atoms with Gasteiger partial charge in [-0.1, -0.05) is 6.92 Å². The van der Waals surface area contributed by atoms with E-state index in [-0.39, 0.29) is 18.4 Å². The van der Waals surface area contributed by atoms with Crippen molar-refractivity contribution in [2.24, 2.45) is 5.73 Å². The Labute approximate surface area is 118 Å². The van der Waals surface area contributed by atoms with E-state index in [0.717, 1.165) is 6.42 Å². The lowest BCUT2D eigenvalue weighted by Crippen LogP contribution is -2.21. The maximum Gasteiger partial charge on any atom is 0.190 e. The summed E-state index contributed by atoms with van der Waals surface area (Å²) in [6.07, 6.45) is 2.85. The molecule has 0 saturated carbocycles. The SMILES string of the molecule is CCC(N)Cc1cc(F)c(OCCCCC#N)c(F)c1. The Morgan fingerprint density at radius 3 is 2.50 bits per heavy atom. The van der Waals surface area contributed by atoms with Gasteiger partial charge in [0.15, 0.2) is 17.4 Å². The first kappa shape index (κ1) is 16.4. The highest BCUT2D eigenvalue weighted by molar-refractivity contribution is 5.31. The van der Waals surface area contributed by atoms with Gasteiger partial charge in [-0.15, -0.1) is 0 Å². The molecule has 1 aromatic rings. The fraction of sp³-hybridized carbons (Fsp3) is 0.533. The molecule has 1 rings (SSSR count). The van der Waals surface area contributed by atoms with Crippen LogP contribution in [-0.4, -0.2) is 12.6 Å². The molecule has 20 heavy (non-hydrogen) atoms. The molecule has 1 unspecified atom stereocenters. The molecule has 110 valence electrons. The van der Waals surface area contributed by atoms with Gasteiger partial charge in [0.1, 0.15) is 0 Å². The van der Waals surface area contributed by atoms with Gasteiger partial charge in [0.25, 0.3) is 0 Å². The molecule has 3 nitrogen and oxygen atoms in total. The minimum atomic E-state index is -0.705. The molecule has 5 heteroatoms. The largest absolute Gasteiger partial charge is 0.488 e. The Kier molecular flexibility index (Phi) is 6.96. The van der Waals surface area contributed by atoms with Gasteiger partial charge in [0.2, 0.25) is 0 Å². The van der Waals surface area contributed by atoms with E-state index in [9.17, 15) is 8.78 Å². The Hall–Kier alpha value is -1.67. The highest BCUT2D eigenvalue weighted by Crippen LogP contribution is 2.24. The van der Waals surface area contributed by atoms with Crippen LogP contribution in [0.2, 0.25) is 0 Å². The smallest absolute Gasteiger partial charge is 0.190 e. The first-order valence-corrected chi connectivity index (χ1v) is 6.81. The molecule has 1 atom stereocenters. The predicted molar refractivity (Wildman–Crippen MR) is 73.3 cm³/mol. The van der Waals surface area contributed by atoms with Crippen LogP contribution in [0.25, 0.3) is 0 Å². The summed E-state index contributed by atoms with van der Waals surface area (Å²) in [6, 6.07) is 4.43. The summed E-state index contributed by atoms with van der Waals surface area (Å²) < 4.78 is 32.7. The van der Waals surface area contributed by atoms with E-state index in [4.69, 9.17) is 15.7 Å². The molecule has 0 aromatic heterocycles. The number of nitrogens with two attached hydrogens (primary N) is 1. The van der Waals surface area contributed by atoms with Gasteiger partial charge < -0.3 is 10.5 Å². The molecule has 0 heterocycles. The van der Waals surface area contributed by atoms with Crippen LogP contribution >= 0.6 is 0 Å². The second-order valence-electron chi connectivity index (χ2n) is 4.72. The summed E-state index contributed by atoms with van der Waals surface area (Å²) in [6.45, 7) is 2.12. The molecule has 0 aliphatic rings. The van der Waals surface area contributed by atoms with E-state index < -0.39 is 11.6 Å². The number of nitrogens with zero attached hydrogens (tertiary/aromatic N) is 1. The summed E-state index contributed by atoms with van der Waals surface area (Å²) in [5.74, 6) is -1.76. The summed E-state index contributed by atoms with van der Waals surface area (Å²) in [5.41, 5.74) is 6.30. The van der Waals surface area contributed by atoms with E-state index in [1.54, 1.807) is 0 Å². The van der Waals surface area contributed by atoms with Crippen LogP contribution in [0.5, 0.6) is 5.75 Å². The van der Waals surface area contributed by atoms with Gasteiger partial charge >= 0.3 is 0 Å². The highest BCUT2D eigenvalue weighted by atomic mass is 19.1. The molecular weight excluding hydrogens is 262 g/mol. The summed E-state index contributed by atoms with van der Waals surface area (Å²) >= 11 is 0. The number of hydrogen-bond donors (Lipinski definition) is 1. The molecule has 2 N–H and O–H groups in total. The Bertz CT molecular complexity index is 448. The van der Waals surface area contributed by atoms with Crippen molar-refractivity contribution in [3.63, 3.8) is 0 Å². The van der Waals surface area contributed by atoms with Gasteiger partial charge in [-0.3, -0.25) is 0 Å². The summed E-state index contributed by atoms with van der Waals surface area (Å²) in [5, 5.41) is 8.37. The minimum absolute atomic E-state index is 0.105. The van der Waals surface area contributed by atoms with Gasteiger partial charge in [0, 0.05) is 12.5 Å². The van der Waals surface area contributed by atoms with Crippen molar-refractivity contribution < 1.29 is 13.5 Å². The second kappa shape index (κ2) is 8.49. The molecule has 0 amide bonds. The topological polar surface area (TPSA) is 59.0 Å². The fourth-order valence-corrected chi connectivity index (χ4v) is 1.80. The maximum absolute atomic E-state index is 13.8. The normalized spacial score (nSPS) is 11.9. The van der Waals surface area contributed by atoms with Crippen LogP contribution in [0.4, 0.5) is 8.78 Å². The molecule has 0 fully saturated rings. The second-order valence-corrected chi connectivity index (χ2v) is 4.72. The van der Waals surface area contributed by atoms with E-state index in [1.807, 2.05) is 13.0 Å². The lowest BCUT2D eigenvalue weighted by molar-refractivity contribution is 0.277. The van der Waals surface area contributed by atoms with Crippen LogP contribution in [0, 0.1) is 23.0 Å². The maximum atomic E-state index is 13.8. The lowest BCUT2D eigenvalue weighted by atomic mass is 10.0. The highest BCUT2D eigenvalue weighted by Gasteiger charge is 2.13. The zero-order valence-electron chi connectivity index (χ0n) is 11.7. The van der Waals surface area contributed by atoms with E-state index >= 15 is 0 Å². The van der Waals surface area contributed by atoms with Crippen molar-refractivity contribution in [1.29, 1.82) is 5.26 Å². The van der Waals surface area contributed by atoms with Crippen LogP contribution < -0.4 is 10.5 Å². The van der Waals surface area contributed by atoms with Gasteiger partial charge in [-0.25, -0.2) is 8.78 Å². The summed E-state index contributed by atoms with van der Waals surface area (Å²) in [7, 11) is 0. The first-order valence-electron chi connectivity index (χ1n) is 6.81. The van der Waals surface area contributed by atoms with Crippen LogP contribution in [-0.2, 0) is 6.42 Å². The Morgan fingerprint density at radius 2 is 1.95 bits per heavy atom. The van der Waals surface area contributed by atoms with E-state index in [1.165, 1.54) is 12.1 Å². The van der Waals surface area contributed by atoms with E-state index in [2.05, 4.69) is 0 Å². The zero-order chi connectivity index (χ0) is 15.0. The monoisotopic (exact) mass is 282 g/mol. The van der Waals surface area contributed by atoms with Gasteiger partial charge in [0.05, 0.1) is 12.7 Å². The van der Waals surface area contributed by atoms with Crippen molar-refractivity contribution in [1.82, 2.24) is 0 Å². The number of ether oxygens (including phenoxy) is 1. The number of rotatable bonds is 8. The molecule has 0 aliphatic heterocycles. The van der Waals surface area contributed by atoms with Crippen molar-refractivity contribution in [3.05, 3.63) is 29.3 Å². The van der Waals surface area contributed by atoms with Crippen molar-refractivity contribution >= 4 is 0 Å². The van der Waals surface area contributed by atoms with Crippen molar-refractivity contribution in [2.45, 2.75) is 45.1 Å². The van der Waals surface area contributed by atoms with Gasteiger partial charge in [-0.2, -0.15) is 5.26 Å². The lowest BCUT2D eigenvalue weighted by Gasteiger charge is -2.12. The Balaban J connectivity index is 2.62. The minimum Gasteiger partial charge on any atom is -0.488 e. The van der Waals surface area contributed by atoms with Crippen LogP contribution in [0.1, 0.15) is 38.2 Å². The molecule has 0 radical (unpaired) electrons. The first-order chi connectivity index (χ1) is 9.58. The third-order valence-corrected chi connectivity index (χ3v) is 3.01. The number of nitriles is 1. The summed E-state index contributed by atoms with van der Waals surface area (Å²) in [4.78, 5) is 0. The molecular formula is C15H20F2N2O. The average molecular weight is 282 g/mol. The standard InChI is InChI=1S/C15H20F2N2O/c1-2-12(19)8-11-9-13(16)15(14(17)10-11)20-7-5-3-4-6-18/h9-10,12H,2-5,7-8,19H2,1H3. The van der Waals surface area contributed by atoms with Gasteiger partial charge in [-0.05, 0) is 43.4 Å². The number of benzene rings is 1. The third-order valence-electron chi connectivity index (χ3n) is 3.01. The number of hydrogen-bond acceptors (Lipinski definition) is 3. The third kappa shape index (κ3) is 5.14. The average Bonchev–Trinajstić information content (AvgIpc) is 2.41. The molecule has 0 saturated heterocycles. The Morgan fingerprint density at radius 1 is 1.30 bits per heavy atom. The molecule has 1 aromatic carbocycles.